The standard InChI is InChI=1S/C13H12N4O4/c1-16-11-9(5-15-16)12(18)17(7-14-11)6-8-3-4-10(21-8)13(19)20-2/h3-5,7H,6H2,1-2H3. The maximum absolute atomic E-state index is 12.3. The van der Waals surface area contributed by atoms with Crippen molar-refractivity contribution in [2.75, 3.05) is 7.11 Å². The molecule has 21 heavy (non-hydrogen) atoms. The second kappa shape index (κ2) is 4.89. The van der Waals surface area contributed by atoms with E-state index in [1.165, 1.54) is 34.9 Å². The maximum Gasteiger partial charge on any atom is 0.373 e. The number of fused-ring (bicyclic) bond motifs is 1. The van der Waals surface area contributed by atoms with Gasteiger partial charge in [0.05, 0.1) is 19.9 Å². The molecule has 0 aliphatic heterocycles. The minimum absolute atomic E-state index is 0.0935. The minimum atomic E-state index is -0.561. The lowest BCUT2D eigenvalue weighted by molar-refractivity contribution is 0.0563. The second-order valence-corrected chi connectivity index (χ2v) is 4.44. The predicted molar refractivity (Wildman–Crippen MR) is 71.9 cm³/mol. The van der Waals surface area contributed by atoms with E-state index in [9.17, 15) is 9.59 Å². The summed E-state index contributed by atoms with van der Waals surface area (Å²) < 4.78 is 12.8. The molecule has 0 aliphatic carbocycles. The highest BCUT2D eigenvalue weighted by Crippen LogP contribution is 2.11. The lowest BCUT2D eigenvalue weighted by atomic mass is 10.4. The Hall–Kier alpha value is -2.90. The molecule has 0 aliphatic rings. The van der Waals surface area contributed by atoms with Gasteiger partial charge in [-0.2, -0.15) is 5.10 Å². The highest BCUT2D eigenvalue weighted by molar-refractivity contribution is 5.86. The number of furan rings is 1. The molecule has 3 rings (SSSR count). The molecule has 0 amide bonds. The molecule has 0 N–H and O–H groups in total. The Kier molecular flexibility index (Phi) is 3.05. The SMILES string of the molecule is COC(=O)c1ccc(Cn2cnc3c(cnn3C)c2=O)o1. The Labute approximate surface area is 118 Å². The third-order valence-electron chi connectivity index (χ3n) is 3.09. The Balaban J connectivity index is 1.95. The summed E-state index contributed by atoms with van der Waals surface area (Å²) in [5, 5.41) is 4.43. The lowest BCUT2D eigenvalue weighted by Gasteiger charge is -2.02. The zero-order valence-corrected chi connectivity index (χ0v) is 11.4. The van der Waals surface area contributed by atoms with Crippen LogP contribution in [-0.2, 0) is 18.3 Å². The average molecular weight is 288 g/mol. The smallest absolute Gasteiger partial charge is 0.373 e. The molecule has 0 saturated carbocycles. The molecule has 0 aromatic carbocycles. The lowest BCUT2D eigenvalue weighted by Crippen LogP contribution is -2.20. The molecule has 0 atom stereocenters. The van der Waals surface area contributed by atoms with Crippen LogP contribution < -0.4 is 5.56 Å². The first-order chi connectivity index (χ1) is 10.1. The third-order valence-corrected chi connectivity index (χ3v) is 3.09. The third kappa shape index (κ3) is 2.20. The van der Waals surface area contributed by atoms with Gasteiger partial charge in [-0.05, 0) is 12.1 Å². The highest BCUT2D eigenvalue weighted by atomic mass is 16.5. The highest BCUT2D eigenvalue weighted by Gasteiger charge is 2.13. The van der Waals surface area contributed by atoms with Gasteiger partial charge in [-0.25, -0.2) is 9.78 Å². The van der Waals surface area contributed by atoms with E-state index in [1.54, 1.807) is 13.1 Å². The van der Waals surface area contributed by atoms with Gasteiger partial charge in [-0.15, -0.1) is 0 Å². The number of hydrogen-bond acceptors (Lipinski definition) is 6. The van der Waals surface area contributed by atoms with Gasteiger partial charge in [0.1, 0.15) is 17.5 Å². The monoisotopic (exact) mass is 288 g/mol. The summed E-state index contributed by atoms with van der Waals surface area (Å²) >= 11 is 0. The van der Waals surface area contributed by atoms with Crippen molar-refractivity contribution < 1.29 is 13.9 Å². The Morgan fingerprint density at radius 1 is 1.43 bits per heavy atom. The van der Waals surface area contributed by atoms with Gasteiger partial charge in [-0.1, -0.05) is 0 Å². The molecule has 3 aromatic heterocycles. The van der Waals surface area contributed by atoms with Crippen LogP contribution in [0.2, 0.25) is 0 Å². The van der Waals surface area contributed by atoms with E-state index in [-0.39, 0.29) is 17.9 Å². The van der Waals surface area contributed by atoms with Crippen molar-refractivity contribution in [2.45, 2.75) is 6.54 Å². The van der Waals surface area contributed by atoms with Crippen molar-refractivity contribution in [3.05, 3.63) is 46.5 Å². The summed E-state index contributed by atoms with van der Waals surface area (Å²) in [6.45, 7) is 0.174. The molecule has 8 nitrogen and oxygen atoms in total. The van der Waals surface area contributed by atoms with Crippen LogP contribution in [0.3, 0.4) is 0 Å². The molecule has 0 fully saturated rings. The molecule has 108 valence electrons. The summed E-state index contributed by atoms with van der Waals surface area (Å²) in [6, 6.07) is 3.12. The van der Waals surface area contributed by atoms with Crippen LogP contribution in [-0.4, -0.2) is 32.4 Å². The average Bonchev–Trinajstić information content (AvgIpc) is 3.09. The molecule has 0 radical (unpaired) electrons. The first-order valence-corrected chi connectivity index (χ1v) is 6.14. The first kappa shape index (κ1) is 13.1. The van der Waals surface area contributed by atoms with Crippen molar-refractivity contribution in [3.8, 4) is 0 Å². The number of carbonyl (C=O) groups excluding carboxylic acids is 1. The fraction of sp³-hybridized carbons (Fsp3) is 0.231. The molecule has 0 saturated heterocycles. The summed E-state index contributed by atoms with van der Waals surface area (Å²) in [5.41, 5.74) is 0.301. The largest absolute Gasteiger partial charge is 0.463 e. The van der Waals surface area contributed by atoms with Gasteiger partial charge in [0.2, 0.25) is 5.76 Å². The van der Waals surface area contributed by atoms with E-state index in [0.717, 1.165) is 0 Å². The predicted octanol–water partition coefficient (Wildman–Crippen LogP) is 0.558. The number of rotatable bonds is 3. The van der Waals surface area contributed by atoms with Crippen LogP contribution in [0.1, 0.15) is 16.3 Å². The summed E-state index contributed by atoms with van der Waals surface area (Å²) in [7, 11) is 2.99. The Morgan fingerprint density at radius 2 is 2.24 bits per heavy atom. The van der Waals surface area contributed by atoms with Crippen LogP contribution in [0, 0.1) is 0 Å². The topological polar surface area (TPSA) is 92.2 Å². The van der Waals surface area contributed by atoms with Gasteiger partial charge in [-0.3, -0.25) is 14.0 Å². The van der Waals surface area contributed by atoms with E-state index in [2.05, 4.69) is 14.8 Å². The quantitative estimate of drug-likeness (QED) is 0.654. The van der Waals surface area contributed by atoms with Crippen molar-refractivity contribution >= 4 is 17.0 Å². The van der Waals surface area contributed by atoms with Crippen molar-refractivity contribution in [1.82, 2.24) is 19.3 Å². The molecule has 3 aromatic rings. The van der Waals surface area contributed by atoms with Gasteiger partial charge in [0, 0.05) is 7.05 Å². The minimum Gasteiger partial charge on any atom is -0.463 e. The number of esters is 1. The molecular formula is C13H12N4O4. The molecule has 0 spiro atoms. The van der Waals surface area contributed by atoms with Crippen LogP contribution in [0.15, 0.2) is 33.9 Å². The Bertz CT molecular complexity index is 874. The van der Waals surface area contributed by atoms with Crippen LogP contribution in [0.4, 0.5) is 0 Å². The maximum atomic E-state index is 12.3. The molecule has 0 bridgehead atoms. The van der Waals surface area contributed by atoms with E-state index >= 15 is 0 Å². The molecule has 8 heteroatoms. The van der Waals surface area contributed by atoms with E-state index in [0.29, 0.717) is 16.8 Å². The fourth-order valence-electron chi connectivity index (χ4n) is 2.02. The zero-order valence-electron chi connectivity index (χ0n) is 11.4. The second-order valence-electron chi connectivity index (χ2n) is 4.44. The number of carbonyl (C=O) groups is 1. The number of aryl methyl sites for hydroxylation is 1. The fourth-order valence-corrected chi connectivity index (χ4v) is 2.02. The van der Waals surface area contributed by atoms with E-state index < -0.39 is 5.97 Å². The van der Waals surface area contributed by atoms with E-state index in [4.69, 9.17) is 4.42 Å². The first-order valence-electron chi connectivity index (χ1n) is 6.14. The van der Waals surface area contributed by atoms with Crippen LogP contribution >= 0.6 is 0 Å². The van der Waals surface area contributed by atoms with E-state index in [1.807, 2.05) is 0 Å². The van der Waals surface area contributed by atoms with Crippen molar-refractivity contribution in [2.24, 2.45) is 7.05 Å². The van der Waals surface area contributed by atoms with Gasteiger partial charge < -0.3 is 9.15 Å². The number of methoxy groups -OCH3 is 1. The molecule has 3 heterocycles. The zero-order chi connectivity index (χ0) is 15.0. The summed E-state index contributed by atoms with van der Waals surface area (Å²) in [5.74, 6) is -0.00654. The molecular weight excluding hydrogens is 276 g/mol. The number of ether oxygens (including phenoxy) is 1. The number of hydrogen-bond donors (Lipinski definition) is 0. The van der Waals surface area contributed by atoms with Crippen LogP contribution in [0.25, 0.3) is 11.0 Å². The summed E-state index contributed by atoms with van der Waals surface area (Å²) in [6.07, 6.45) is 2.90. The van der Waals surface area contributed by atoms with Gasteiger partial charge in [0.15, 0.2) is 5.65 Å². The van der Waals surface area contributed by atoms with Crippen LogP contribution in [0.5, 0.6) is 0 Å². The number of aromatic nitrogens is 4. The van der Waals surface area contributed by atoms with Crippen molar-refractivity contribution in [1.29, 1.82) is 0 Å². The normalized spacial score (nSPS) is 11.0. The summed E-state index contributed by atoms with van der Waals surface area (Å²) in [4.78, 5) is 27.8. The van der Waals surface area contributed by atoms with Gasteiger partial charge in [0.25, 0.3) is 5.56 Å². The van der Waals surface area contributed by atoms with Gasteiger partial charge >= 0.3 is 5.97 Å². The number of nitrogens with zero attached hydrogens (tertiary/aromatic N) is 4. The molecule has 0 unspecified atom stereocenters. The van der Waals surface area contributed by atoms with Crippen molar-refractivity contribution in [3.63, 3.8) is 0 Å². The Morgan fingerprint density at radius 3 is 3.00 bits per heavy atom.